The summed E-state index contributed by atoms with van der Waals surface area (Å²) in [5.41, 5.74) is 12.8. The zero-order valence-electron chi connectivity index (χ0n) is 17.1. The zero-order chi connectivity index (χ0) is 20.0. The molecular formula is C24H27ClN4O. The smallest absolute Gasteiger partial charge is 0.274 e. The largest absolute Gasteiger partial charge is 0.335 e. The van der Waals surface area contributed by atoms with Crippen LogP contribution < -0.4 is 5.73 Å². The van der Waals surface area contributed by atoms with E-state index in [9.17, 15) is 4.79 Å². The van der Waals surface area contributed by atoms with E-state index >= 15 is 0 Å². The number of likely N-dealkylation sites (tertiary alicyclic amines) is 1. The Morgan fingerprint density at radius 2 is 1.77 bits per heavy atom. The van der Waals surface area contributed by atoms with Gasteiger partial charge in [-0.1, -0.05) is 48.0 Å². The molecule has 156 valence electrons. The maximum absolute atomic E-state index is 13.4. The first kappa shape index (κ1) is 20.6. The standard InChI is InChI=1S/C24H26N4O.ClH/c1-16-10-12-18(13-11-16)28-22-9-5-8-19(22)23(26-28)24(29)27-14-20(21(25)15-27)17-6-3-2-4-7-17;/h2-4,6-7,10-13,20-21H,5,8-9,14-15,25H2,1H3;1H/t20-,21+;/m0./s1. The van der Waals surface area contributed by atoms with Crippen molar-refractivity contribution in [1.29, 1.82) is 0 Å². The number of aryl methyl sites for hydroxylation is 1. The predicted molar refractivity (Wildman–Crippen MR) is 121 cm³/mol. The highest BCUT2D eigenvalue weighted by Gasteiger charge is 2.37. The quantitative estimate of drug-likeness (QED) is 0.700. The first-order valence-electron chi connectivity index (χ1n) is 10.4. The molecule has 6 heteroatoms. The molecule has 5 nitrogen and oxygen atoms in total. The van der Waals surface area contributed by atoms with Gasteiger partial charge in [0.05, 0.1) is 5.69 Å². The number of carbonyl (C=O) groups excluding carboxylic acids is 1. The summed E-state index contributed by atoms with van der Waals surface area (Å²) in [6.07, 6.45) is 2.96. The van der Waals surface area contributed by atoms with Crippen LogP contribution in [0.25, 0.3) is 5.69 Å². The summed E-state index contributed by atoms with van der Waals surface area (Å²) in [7, 11) is 0. The fourth-order valence-electron chi connectivity index (χ4n) is 4.71. The molecule has 1 aromatic heterocycles. The molecule has 2 heterocycles. The monoisotopic (exact) mass is 422 g/mol. The number of fused-ring (bicyclic) bond motifs is 1. The Balaban J connectivity index is 0.00000218. The van der Waals surface area contributed by atoms with Crippen molar-refractivity contribution >= 4 is 18.3 Å². The Morgan fingerprint density at radius 1 is 1.03 bits per heavy atom. The number of benzene rings is 2. The molecule has 5 rings (SSSR count). The van der Waals surface area contributed by atoms with Crippen molar-refractivity contribution in [3.8, 4) is 5.69 Å². The van der Waals surface area contributed by atoms with Crippen LogP contribution in [0, 0.1) is 6.92 Å². The van der Waals surface area contributed by atoms with E-state index in [0.29, 0.717) is 18.8 Å². The number of aromatic nitrogens is 2. The molecule has 0 saturated carbocycles. The maximum Gasteiger partial charge on any atom is 0.274 e. The van der Waals surface area contributed by atoms with Gasteiger partial charge >= 0.3 is 0 Å². The van der Waals surface area contributed by atoms with Gasteiger partial charge in [-0.25, -0.2) is 4.68 Å². The molecule has 0 bridgehead atoms. The van der Waals surface area contributed by atoms with Crippen LogP contribution in [-0.4, -0.2) is 39.7 Å². The zero-order valence-corrected chi connectivity index (χ0v) is 17.9. The normalized spacial score (nSPS) is 20.1. The Morgan fingerprint density at radius 3 is 2.50 bits per heavy atom. The predicted octanol–water partition coefficient (Wildman–Crippen LogP) is 3.66. The molecule has 2 aliphatic rings. The van der Waals surface area contributed by atoms with Crippen LogP contribution in [0.4, 0.5) is 0 Å². The minimum Gasteiger partial charge on any atom is -0.335 e. The number of carbonyl (C=O) groups is 1. The SMILES string of the molecule is Cc1ccc(-n2nc(C(=O)N3C[C@@H](N)[C@H](c4ccccc4)C3)c3c2CCC3)cc1.Cl. The lowest BCUT2D eigenvalue weighted by atomic mass is 9.95. The van der Waals surface area contributed by atoms with Crippen molar-refractivity contribution in [2.75, 3.05) is 13.1 Å². The Labute approximate surface area is 183 Å². The molecule has 1 fully saturated rings. The van der Waals surface area contributed by atoms with Gasteiger partial charge in [0.25, 0.3) is 5.91 Å². The summed E-state index contributed by atoms with van der Waals surface area (Å²) in [5, 5.41) is 4.78. The lowest BCUT2D eigenvalue weighted by Gasteiger charge is -2.16. The van der Waals surface area contributed by atoms with Crippen molar-refractivity contribution < 1.29 is 4.79 Å². The third-order valence-corrected chi connectivity index (χ3v) is 6.29. The second-order valence-corrected chi connectivity index (χ2v) is 8.27. The van der Waals surface area contributed by atoms with E-state index in [1.807, 2.05) is 27.8 Å². The second-order valence-electron chi connectivity index (χ2n) is 8.27. The van der Waals surface area contributed by atoms with E-state index in [-0.39, 0.29) is 30.3 Å². The number of rotatable bonds is 3. The highest BCUT2D eigenvalue weighted by atomic mass is 35.5. The number of hydrogen-bond donors (Lipinski definition) is 1. The van der Waals surface area contributed by atoms with Gasteiger partial charge in [-0.2, -0.15) is 5.10 Å². The summed E-state index contributed by atoms with van der Waals surface area (Å²) >= 11 is 0. The van der Waals surface area contributed by atoms with Crippen LogP contribution in [0.2, 0.25) is 0 Å². The molecule has 0 spiro atoms. The number of nitrogens with zero attached hydrogens (tertiary/aromatic N) is 3. The maximum atomic E-state index is 13.4. The number of hydrogen-bond acceptors (Lipinski definition) is 3. The summed E-state index contributed by atoms with van der Waals surface area (Å²) in [6, 6.07) is 18.5. The average molecular weight is 423 g/mol. The Hall–Kier alpha value is -2.63. The van der Waals surface area contributed by atoms with Crippen LogP contribution in [0.15, 0.2) is 54.6 Å². The highest BCUT2D eigenvalue weighted by molar-refractivity contribution is 5.94. The summed E-state index contributed by atoms with van der Waals surface area (Å²) in [6.45, 7) is 3.30. The summed E-state index contributed by atoms with van der Waals surface area (Å²) in [4.78, 5) is 15.3. The molecular weight excluding hydrogens is 396 g/mol. The fourth-order valence-corrected chi connectivity index (χ4v) is 4.71. The number of amides is 1. The average Bonchev–Trinajstić information content (AvgIpc) is 3.44. The Kier molecular flexibility index (Phi) is 5.67. The molecule has 2 N–H and O–H groups in total. The molecule has 0 radical (unpaired) electrons. The molecule has 1 aliphatic carbocycles. The van der Waals surface area contributed by atoms with Gasteiger partial charge in [0.2, 0.25) is 0 Å². The van der Waals surface area contributed by atoms with Gasteiger partial charge < -0.3 is 10.6 Å². The lowest BCUT2D eigenvalue weighted by molar-refractivity contribution is 0.0782. The van der Waals surface area contributed by atoms with Crippen LogP contribution in [0.3, 0.4) is 0 Å². The minimum absolute atomic E-state index is 0. The van der Waals surface area contributed by atoms with Gasteiger partial charge in [0, 0.05) is 36.3 Å². The van der Waals surface area contributed by atoms with Crippen molar-refractivity contribution in [2.45, 2.75) is 38.1 Å². The first-order chi connectivity index (χ1) is 14.1. The van der Waals surface area contributed by atoms with Gasteiger partial charge in [-0.15, -0.1) is 12.4 Å². The molecule has 30 heavy (non-hydrogen) atoms. The second kappa shape index (κ2) is 8.25. The van der Waals surface area contributed by atoms with Gasteiger partial charge in [-0.05, 0) is 43.9 Å². The Bertz CT molecular complexity index is 1050. The molecule has 2 aromatic carbocycles. The van der Waals surface area contributed by atoms with Gasteiger partial charge in [0.15, 0.2) is 5.69 Å². The molecule has 2 atom stereocenters. The third-order valence-electron chi connectivity index (χ3n) is 6.29. The number of halogens is 1. The van der Waals surface area contributed by atoms with E-state index in [0.717, 1.165) is 30.5 Å². The molecule has 1 amide bonds. The minimum atomic E-state index is -0.0476. The molecule has 1 saturated heterocycles. The van der Waals surface area contributed by atoms with Crippen LogP contribution in [0.1, 0.15) is 45.2 Å². The van der Waals surface area contributed by atoms with E-state index < -0.39 is 0 Å². The van der Waals surface area contributed by atoms with E-state index in [1.54, 1.807) is 0 Å². The van der Waals surface area contributed by atoms with Crippen molar-refractivity contribution in [3.05, 3.63) is 82.7 Å². The first-order valence-corrected chi connectivity index (χ1v) is 10.4. The van der Waals surface area contributed by atoms with E-state index in [2.05, 4.69) is 43.3 Å². The fraction of sp³-hybridized carbons (Fsp3) is 0.333. The molecule has 0 unspecified atom stereocenters. The van der Waals surface area contributed by atoms with Gasteiger partial charge in [-0.3, -0.25) is 4.79 Å². The lowest BCUT2D eigenvalue weighted by Crippen LogP contribution is -2.32. The summed E-state index contributed by atoms with van der Waals surface area (Å²) < 4.78 is 1.97. The van der Waals surface area contributed by atoms with Crippen LogP contribution in [0.5, 0.6) is 0 Å². The highest BCUT2D eigenvalue weighted by Crippen LogP contribution is 2.31. The molecule has 1 aliphatic heterocycles. The topological polar surface area (TPSA) is 64.2 Å². The summed E-state index contributed by atoms with van der Waals surface area (Å²) in [5.74, 6) is 0.190. The van der Waals surface area contributed by atoms with Crippen LogP contribution in [-0.2, 0) is 12.8 Å². The third kappa shape index (κ3) is 3.53. The van der Waals surface area contributed by atoms with Crippen molar-refractivity contribution in [2.24, 2.45) is 5.73 Å². The van der Waals surface area contributed by atoms with E-state index in [1.165, 1.54) is 16.8 Å². The van der Waals surface area contributed by atoms with E-state index in [4.69, 9.17) is 10.8 Å². The van der Waals surface area contributed by atoms with Crippen molar-refractivity contribution in [1.82, 2.24) is 14.7 Å². The van der Waals surface area contributed by atoms with Crippen LogP contribution >= 0.6 is 12.4 Å². The molecule has 3 aromatic rings. The number of nitrogens with two attached hydrogens (primary N) is 1. The van der Waals surface area contributed by atoms with Gasteiger partial charge in [0.1, 0.15) is 0 Å². The van der Waals surface area contributed by atoms with Crippen molar-refractivity contribution in [3.63, 3.8) is 0 Å².